The predicted molar refractivity (Wildman–Crippen MR) is 55.2 cm³/mol. The first-order valence-corrected chi connectivity index (χ1v) is 5.00. The lowest BCUT2D eigenvalue weighted by atomic mass is 10.2. The molecule has 0 aromatic carbocycles. The molecule has 1 atom stereocenters. The third-order valence-electron chi connectivity index (χ3n) is 2.32. The third-order valence-corrected chi connectivity index (χ3v) is 2.51. The monoisotopic (exact) mass is 241 g/mol. The summed E-state index contributed by atoms with van der Waals surface area (Å²) in [5, 5.41) is 9.28. The van der Waals surface area contributed by atoms with Gasteiger partial charge in [0.05, 0.1) is 17.4 Å². The topological polar surface area (TPSA) is 83.4 Å². The summed E-state index contributed by atoms with van der Waals surface area (Å²) in [6.07, 6.45) is 3.13. The van der Waals surface area contributed by atoms with Gasteiger partial charge >= 0.3 is 5.97 Å². The fourth-order valence-electron chi connectivity index (χ4n) is 1.60. The lowest BCUT2D eigenvalue weighted by molar-refractivity contribution is -0.138. The minimum Gasteiger partial charge on any atom is -0.480 e. The van der Waals surface area contributed by atoms with Crippen LogP contribution in [0.1, 0.15) is 12.8 Å². The average Bonchev–Trinajstić information content (AvgIpc) is 2.62. The zero-order valence-electron chi connectivity index (χ0n) is 8.13. The summed E-state index contributed by atoms with van der Waals surface area (Å²) in [5.41, 5.74) is 0. The maximum absolute atomic E-state index is 11.5. The highest BCUT2D eigenvalue weighted by Gasteiger charge is 2.38. The number of halogens is 1. The molecule has 2 rings (SSSR count). The van der Waals surface area contributed by atoms with Crippen LogP contribution in [-0.2, 0) is 9.59 Å². The molecule has 16 heavy (non-hydrogen) atoms. The zero-order valence-corrected chi connectivity index (χ0v) is 8.89. The molecule has 1 aliphatic heterocycles. The summed E-state index contributed by atoms with van der Waals surface area (Å²) in [6, 6.07) is -0.881. The molecule has 1 saturated heterocycles. The van der Waals surface area contributed by atoms with E-state index in [1.165, 1.54) is 12.4 Å². The number of carbonyl (C=O) groups is 2. The quantitative estimate of drug-likeness (QED) is 0.824. The summed E-state index contributed by atoms with van der Waals surface area (Å²) in [5.74, 6) is -1.25. The molecule has 1 aromatic heterocycles. The summed E-state index contributed by atoms with van der Waals surface area (Å²) < 4.78 is 0. The Bertz CT molecular complexity index is 434. The minimum atomic E-state index is -1.05. The number of hydrogen-bond acceptors (Lipinski definition) is 4. The van der Waals surface area contributed by atoms with Gasteiger partial charge in [-0.15, -0.1) is 0 Å². The van der Waals surface area contributed by atoms with Crippen molar-refractivity contribution < 1.29 is 14.7 Å². The normalized spacial score (nSPS) is 20.2. The zero-order chi connectivity index (χ0) is 11.7. The highest BCUT2D eigenvalue weighted by atomic mass is 35.5. The molecule has 6 nitrogen and oxygen atoms in total. The number of rotatable bonds is 2. The van der Waals surface area contributed by atoms with Gasteiger partial charge in [-0.05, 0) is 6.42 Å². The summed E-state index contributed by atoms with van der Waals surface area (Å²) in [4.78, 5) is 31.2. The second kappa shape index (κ2) is 4.05. The number of carboxylic acid groups (broad SMARTS) is 1. The van der Waals surface area contributed by atoms with Crippen LogP contribution in [0.3, 0.4) is 0 Å². The van der Waals surface area contributed by atoms with Crippen molar-refractivity contribution in [1.29, 1.82) is 0 Å². The summed E-state index contributed by atoms with van der Waals surface area (Å²) in [7, 11) is 0. The molecule has 0 spiro atoms. The number of aromatic nitrogens is 2. The van der Waals surface area contributed by atoms with E-state index in [2.05, 4.69) is 9.97 Å². The molecule has 7 heteroatoms. The smallest absolute Gasteiger partial charge is 0.326 e. The van der Waals surface area contributed by atoms with E-state index in [0.717, 1.165) is 4.90 Å². The molecular weight excluding hydrogens is 234 g/mol. The predicted octanol–water partition coefficient (Wildman–Crippen LogP) is 0.710. The first-order valence-electron chi connectivity index (χ1n) is 4.62. The van der Waals surface area contributed by atoms with E-state index in [4.69, 9.17) is 16.7 Å². The van der Waals surface area contributed by atoms with Crippen LogP contribution in [-0.4, -0.2) is 33.0 Å². The molecule has 1 fully saturated rings. The lowest BCUT2D eigenvalue weighted by Gasteiger charge is -2.18. The van der Waals surface area contributed by atoms with Gasteiger partial charge in [0.1, 0.15) is 6.04 Å². The van der Waals surface area contributed by atoms with Crippen molar-refractivity contribution in [1.82, 2.24) is 9.97 Å². The van der Waals surface area contributed by atoms with E-state index >= 15 is 0 Å². The Morgan fingerprint density at radius 3 is 2.69 bits per heavy atom. The van der Waals surface area contributed by atoms with E-state index in [-0.39, 0.29) is 24.7 Å². The Morgan fingerprint density at radius 2 is 2.12 bits per heavy atom. The standard InChI is InChI=1S/C9H8ClN3O3/c10-5-3-11-9(12-4-5)13-6(8(15)16)1-2-7(13)14/h3-4,6H,1-2H2,(H,15,16). The Morgan fingerprint density at radius 1 is 1.50 bits per heavy atom. The minimum absolute atomic E-state index is 0.0827. The number of carboxylic acids is 1. The third kappa shape index (κ3) is 1.83. The molecule has 1 unspecified atom stereocenters. The Kier molecular flexibility index (Phi) is 2.74. The molecule has 1 N–H and O–H groups in total. The molecule has 0 saturated carbocycles. The molecular formula is C9H8ClN3O3. The Balaban J connectivity index is 2.33. The fourth-order valence-corrected chi connectivity index (χ4v) is 1.70. The van der Waals surface area contributed by atoms with E-state index in [0.29, 0.717) is 5.02 Å². The maximum atomic E-state index is 11.5. The van der Waals surface area contributed by atoms with Crippen molar-refractivity contribution in [3.8, 4) is 0 Å². The fraction of sp³-hybridized carbons (Fsp3) is 0.333. The maximum Gasteiger partial charge on any atom is 0.326 e. The largest absolute Gasteiger partial charge is 0.480 e. The first kappa shape index (κ1) is 10.8. The van der Waals surface area contributed by atoms with Gasteiger partial charge < -0.3 is 5.11 Å². The lowest BCUT2D eigenvalue weighted by Crippen LogP contribution is -2.39. The molecule has 2 heterocycles. The van der Waals surface area contributed by atoms with Gasteiger partial charge in [-0.3, -0.25) is 9.69 Å². The van der Waals surface area contributed by atoms with Gasteiger partial charge in [-0.25, -0.2) is 14.8 Å². The van der Waals surface area contributed by atoms with Crippen LogP contribution in [0.25, 0.3) is 0 Å². The van der Waals surface area contributed by atoms with Crippen molar-refractivity contribution in [2.45, 2.75) is 18.9 Å². The molecule has 1 aliphatic rings. The van der Waals surface area contributed by atoms with Crippen molar-refractivity contribution >= 4 is 29.4 Å². The first-order chi connectivity index (χ1) is 7.59. The molecule has 0 radical (unpaired) electrons. The number of hydrogen-bond donors (Lipinski definition) is 1. The van der Waals surface area contributed by atoms with Gasteiger partial charge in [0, 0.05) is 6.42 Å². The second-order valence-electron chi connectivity index (χ2n) is 3.36. The van der Waals surface area contributed by atoms with Crippen LogP contribution in [0.15, 0.2) is 12.4 Å². The number of amides is 1. The molecule has 1 aromatic rings. The van der Waals surface area contributed by atoms with E-state index < -0.39 is 12.0 Å². The van der Waals surface area contributed by atoms with Crippen molar-refractivity contribution in [2.75, 3.05) is 4.90 Å². The van der Waals surface area contributed by atoms with Crippen molar-refractivity contribution in [3.63, 3.8) is 0 Å². The molecule has 0 aliphatic carbocycles. The van der Waals surface area contributed by atoms with Crippen LogP contribution < -0.4 is 4.90 Å². The number of aliphatic carboxylic acids is 1. The molecule has 84 valence electrons. The van der Waals surface area contributed by atoms with Gasteiger partial charge in [0.15, 0.2) is 0 Å². The molecule has 1 amide bonds. The van der Waals surface area contributed by atoms with Gasteiger partial charge in [0.2, 0.25) is 11.9 Å². The van der Waals surface area contributed by atoms with Crippen LogP contribution in [0, 0.1) is 0 Å². The number of nitrogens with zero attached hydrogens (tertiary/aromatic N) is 3. The van der Waals surface area contributed by atoms with Crippen LogP contribution in [0.2, 0.25) is 5.02 Å². The summed E-state index contributed by atoms with van der Waals surface area (Å²) in [6.45, 7) is 0. The second-order valence-corrected chi connectivity index (χ2v) is 3.79. The highest BCUT2D eigenvalue weighted by Crippen LogP contribution is 2.23. The highest BCUT2D eigenvalue weighted by molar-refractivity contribution is 6.30. The van der Waals surface area contributed by atoms with Crippen LogP contribution >= 0.6 is 11.6 Å². The number of carbonyl (C=O) groups excluding carboxylic acids is 1. The summed E-state index contributed by atoms with van der Waals surface area (Å²) >= 11 is 5.61. The van der Waals surface area contributed by atoms with Crippen molar-refractivity contribution in [3.05, 3.63) is 17.4 Å². The Hall–Kier alpha value is -1.69. The van der Waals surface area contributed by atoms with E-state index in [1.807, 2.05) is 0 Å². The SMILES string of the molecule is O=C(O)C1CCC(=O)N1c1ncc(Cl)cn1. The average molecular weight is 242 g/mol. The van der Waals surface area contributed by atoms with Gasteiger partial charge in [-0.2, -0.15) is 0 Å². The van der Waals surface area contributed by atoms with Crippen LogP contribution in [0.5, 0.6) is 0 Å². The van der Waals surface area contributed by atoms with Gasteiger partial charge in [-0.1, -0.05) is 11.6 Å². The van der Waals surface area contributed by atoms with Gasteiger partial charge in [0.25, 0.3) is 0 Å². The van der Waals surface area contributed by atoms with Crippen LogP contribution in [0.4, 0.5) is 5.95 Å². The van der Waals surface area contributed by atoms with Crippen molar-refractivity contribution in [2.24, 2.45) is 0 Å². The van der Waals surface area contributed by atoms with E-state index in [1.54, 1.807) is 0 Å². The van der Waals surface area contributed by atoms with E-state index in [9.17, 15) is 9.59 Å². The number of anilines is 1. The molecule has 0 bridgehead atoms. The Labute approximate surface area is 95.9 Å².